The van der Waals surface area contributed by atoms with Gasteiger partial charge in [0.1, 0.15) is 11.5 Å². The summed E-state index contributed by atoms with van der Waals surface area (Å²) in [5.41, 5.74) is 13.0. The summed E-state index contributed by atoms with van der Waals surface area (Å²) in [6.07, 6.45) is 15.3. The van der Waals surface area contributed by atoms with Crippen LogP contribution in [0.1, 0.15) is 116 Å². The van der Waals surface area contributed by atoms with Crippen molar-refractivity contribution in [2.45, 2.75) is 75.0 Å². The fraction of sp³-hybridized carbons (Fsp3) is 0.333. The summed E-state index contributed by atoms with van der Waals surface area (Å²) in [5, 5.41) is 0. The van der Waals surface area contributed by atoms with Crippen molar-refractivity contribution < 1.29 is 28.5 Å². The number of ether oxygens (including phenoxy) is 4. The lowest BCUT2D eigenvalue weighted by Crippen LogP contribution is -2.09. The Hall–Kier alpha value is -6.68. The lowest BCUT2D eigenvalue weighted by Gasteiger charge is -2.20. The summed E-state index contributed by atoms with van der Waals surface area (Å²) in [7, 11) is 7.00. The van der Waals surface area contributed by atoms with Crippen molar-refractivity contribution in [1.29, 1.82) is 0 Å². The van der Waals surface area contributed by atoms with Gasteiger partial charge in [0.25, 0.3) is 0 Å². The minimum atomic E-state index is -0.316. The largest absolute Gasteiger partial charge is 0.493 e. The van der Waals surface area contributed by atoms with Gasteiger partial charge in [-0.05, 0) is 134 Å². The normalized spacial score (nSPS) is 16.9. The highest BCUT2D eigenvalue weighted by molar-refractivity contribution is 5.91. The number of aromatic nitrogens is 2. The molecule has 2 aliphatic carbocycles. The van der Waals surface area contributed by atoms with Gasteiger partial charge >= 0.3 is 11.9 Å². The van der Waals surface area contributed by atoms with Gasteiger partial charge in [-0.1, -0.05) is 36.4 Å². The van der Waals surface area contributed by atoms with E-state index in [9.17, 15) is 9.59 Å². The van der Waals surface area contributed by atoms with Gasteiger partial charge in [0, 0.05) is 96.7 Å². The van der Waals surface area contributed by atoms with Gasteiger partial charge in [-0.2, -0.15) is 0 Å². The molecule has 10 nitrogen and oxygen atoms in total. The number of carbonyl (C=O) groups excluding carboxylic acids is 2. The lowest BCUT2D eigenvalue weighted by molar-refractivity contribution is 0.0590. The highest BCUT2D eigenvalue weighted by atomic mass is 16.5. The molecule has 0 radical (unpaired) electrons. The summed E-state index contributed by atoms with van der Waals surface area (Å²) < 4.78 is 21.9. The van der Waals surface area contributed by atoms with Crippen LogP contribution in [0, 0.1) is 0 Å². The van der Waals surface area contributed by atoms with Crippen LogP contribution < -0.4 is 19.3 Å². The Morgan fingerprint density at radius 2 is 0.953 bits per heavy atom. The van der Waals surface area contributed by atoms with E-state index in [1.54, 1.807) is 36.9 Å². The fourth-order valence-electron chi connectivity index (χ4n) is 9.03. The molecule has 4 aliphatic rings. The molecule has 6 aromatic rings. The van der Waals surface area contributed by atoms with E-state index in [0.717, 1.165) is 71.5 Å². The Balaban J connectivity index is 0.000000162. The number of hydrogen-bond acceptors (Lipinski definition) is 10. The zero-order chi connectivity index (χ0) is 44.2. The first kappa shape index (κ1) is 42.6. The molecule has 328 valence electrons. The summed E-state index contributed by atoms with van der Waals surface area (Å²) in [4.78, 5) is 36.8. The second-order valence-corrected chi connectivity index (χ2v) is 17.4. The van der Waals surface area contributed by atoms with Gasteiger partial charge in [0.2, 0.25) is 0 Å². The van der Waals surface area contributed by atoms with Crippen LogP contribution in [0.25, 0.3) is 0 Å². The van der Waals surface area contributed by atoms with E-state index >= 15 is 0 Å². The molecule has 0 bridgehead atoms. The Labute approximate surface area is 376 Å². The number of aryl methyl sites for hydroxylation is 2. The van der Waals surface area contributed by atoms with E-state index < -0.39 is 0 Å². The number of benzene rings is 4. The van der Waals surface area contributed by atoms with Crippen molar-refractivity contribution in [3.05, 3.63) is 166 Å². The van der Waals surface area contributed by atoms with Gasteiger partial charge in [0.15, 0.2) is 0 Å². The van der Waals surface area contributed by atoms with E-state index in [4.69, 9.17) is 18.9 Å². The van der Waals surface area contributed by atoms with Crippen molar-refractivity contribution >= 4 is 34.7 Å². The first-order chi connectivity index (χ1) is 31.3. The predicted molar refractivity (Wildman–Crippen MR) is 250 cm³/mol. The molecule has 0 spiro atoms. The average molecular weight is 857 g/mol. The van der Waals surface area contributed by atoms with Crippen LogP contribution in [0.4, 0.5) is 22.7 Å². The summed E-state index contributed by atoms with van der Waals surface area (Å²) in [5.74, 6) is 3.42. The minimum Gasteiger partial charge on any atom is -0.493 e. The van der Waals surface area contributed by atoms with Crippen LogP contribution in [0.15, 0.2) is 122 Å². The zero-order valence-electron chi connectivity index (χ0n) is 37.2. The second kappa shape index (κ2) is 19.0. The first-order valence-electron chi connectivity index (χ1n) is 22.5. The van der Waals surface area contributed by atoms with Gasteiger partial charge in [-0.15, -0.1) is 0 Å². The number of methoxy groups -OCH3 is 2. The summed E-state index contributed by atoms with van der Waals surface area (Å²) >= 11 is 0. The Bertz CT molecular complexity index is 2420. The highest BCUT2D eigenvalue weighted by Gasteiger charge is 2.28. The molecule has 2 aromatic heterocycles. The molecule has 0 amide bonds. The number of hydrogen-bond donors (Lipinski definition) is 0. The number of rotatable bonds is 14. The van der Waals surface area contributed by atoms with Crippen LogP contribution in [0.3, 0.4) is 0 Å². The molecule has 2 fully saturated rings. The number of carbonyl (C=O) groups is 2. The maximum Gasteiger partial charge on any atom is 0.338 e. The topological polar surface area (TPSA) is 103 Å². The Kier molecular flexibility index (Phi) is 12.6. The van der Waals surface area contributed by atoms with Gasteiger partial charge < -0.3 is 28.7 Å². The van der Waals surface area contributed by atoms with Crippen LogP contribution in [-0.2, 0) is 22.3 Å². The molecule has 10 rings (SSSR count). The molecule has 2 aliphatic heterocycles. The molecular formula is C54H56N4O6. The van der Waals surface area contributed by atoms with Gasteiger partial charge in [-0.25, -0.2) is 9.59 Å². The van der Waals surface area contributed by atoms with Crippen molar-refractivity contribution in [3.8, 4) is 11.5 Å². The average Bonchev–Trinajstić information content (AvgIpc) is 4.30. The number of nitrogens with zero attached hydrogens (tertiary/aromatic N) is 4. The molecule has 4 heterocycles. The SMILES string of the molecule is COC(=O)c1ccncc1CC[C@@H]1COc2cc(N(C)c3ccc(C4CC4)cc3)ccc21.COC(=O)c1ccncc1CC[C@H]1COc2cc(N(C)c3ccc(C4CC4)cc3)ccc21. The van der Waals surface area contributed by atoms with Crippen molar-refractivity contribution in [2.24, 2.45) is 0 Å². The third-order valence-electron chi connectivity index (χ3n) is 13.3. The van der Waals surface area contributed by atoms with E-state index in [-0.39, 0.29) is 11.9 Å². The number of fused-ring (bicyclic) bond motifs is 2. The molecule has 10 heteroatoms. The number of pyridine rings is 2. The highest BCUT2D eigenvalue weighted by Crippen LogP contribution is 2.44. The van der Waals surface area contributed by atoms with E-state index in [1.807, 2.05) is 0 Å². The van der Waals surface area contributed by atoms with Crippen LogP contribution in [0.5, 0.6) is 11.5 Å². The van der Waals surface area contributed by atoms with E-state index in [2.05, 4.69) is 119 Å². The standard InChI is InChI=1S/2C27H28N2O3/c2*1-29(22-9-7-19(8-10-22)18-3-4-18)23-11-12-24-21(17-32-26(24)15-23)6-5-20-16-28-14-13-25(20)27(30)31-2/h2*7-16,18,21H,3-6,17H2,1-2H3/t2*21-/m10/s1. The van der Waals surface area contributed by atoms with Crippen molar-refractivity contribution in [2.75, 3.05) is 51.3 Å². The maximum absolute atomic E-state index is 12.0. The summed E-state index contributed by atoms with van der Waals surface area (Å²) in [6.45, 7) is 1.32. The third-order valence-corrected chi connectivity index (χ3v) is 13.3. The van der Waals surface area contributed by atoms with Crippen LogP contribution in [0.2, 0.25) is 0 Å². The van der Waals surface area contributed by atoms with Crippen LogP contribution >= 0.6 is 0 Å². The number of esters is 2. The molecule has 0 saturated heterocycles. The first-order valence-corrected chi connectivity index (χ1v) is 22.5. The molecule has 2 atom stereocenters. The molecule has 2 saturated carbocycles. The van der Waals surface area contributed by atoms with Gasteiger partial charge in [0.05, 0.1) is 38.6 Å². The van der Waals surface area contributed by atoms with Gasteiger partial charge in [-0.3, -0.25) is 9.97 Å². The quantitative estimate of drug-likeness (QED) is 0.0984. The molecule has 0 unspecified atom stereocenters. The molecule has 4 aromatic carbocycles. The molecule has 0 N–H and O–H groups in total. The van der Waals surface area contributed by atoms with Crippen molar-refractivity contribution in [3.63, 3.8) is 0 Å². The second-order valence-electron chi connectivity index (χ2n) is 17.4. The lowest BCUT2D eigenvalue weighted by atomic mass is 9.93. The third kappa shape index (κ3) is 9.47. The van der Waals surface area contributed by atoms with Crippen LogP contribution in [-0.4, -0.2) is 63.4 Å². The summed E-state index contributed by atoms with van der Waals surface area (Å²) in [6, 6.07) is 34.2. The van der Waals surface area contributed by atoms with E-state index in [1.165, 1.54) is 73.5 Å². The molecular weight excluding hydrogens is 801 g/mol. The Morgan fingerprint density at radius 1 is 0.562 bits per heavy atom. The molecule has 64 heavy (non-hydrogen) atoms. The predicted octanol–water partition coefficient (Wildman–Crippen LogP) is 11.2. The number of anilines is 4. The maximum atomic E-state index is 12.0. The fourth-order valence-corrected chi connectivity index (χ4v) is 9.03. The smallest absolute Gasteiger partial charge is 0.338 e. The van der Waals surface area contributed by atoms with E-state index in [0.29, 0.717) is 36.2 Å². The monoisotopic (exact) mass is 856 g/mol. The Morgan fingerprint density at radius 3 is 1.33 bits per heavy atom. The van der Waals surface area contributed by atoms with Crippen molar-refractivity contribution in [1.82, 2.24) is 9.97 Å². The zero-order valence-corrected chi connectivity index (χ0v) is 37.2. The minimum absolute atomic E-state index is 0.299.